The molecule has 1 aromatic rings. The fraction of sp³-hybridized carbons (Fsp3) is 0.545. The maximum Gasteiger partial charge on any atom is 0.223 e. The van der Waals surface area contributed by atoms with Crippen molar-refractivity contribution in [1.82, 2.24) is 5.32 Å². The van der Waals surface area contributed by atoms with Gasteiger partial charge in [0.05, 0.1) is 6.54 Å². The number of hydrogen-bond acceptors (Lipinski definition) is 3. The van der Waals surface area contributed by atoms with E-state index in [-0.39, 0.29) is 11.8 Å². The van der Waals surface area contributed by atoms with Crippen molar-refractivity contribution in [2.24, 2.45) is 11.7 Å². The third-order valence-electron chi connectivity index (χ3n) is 2.31. The molecule has 0 saturated carbocycles. The Hall–Kier alpha value is -0.870. The first kappa shape index (κ1) is 12.2. The molecule has 3 nitrogen and oxygen atoms in total. The molecular weight excluding hydrogens is 208 g/mol. The van der Waals surface area contributed by atoms with Crippen LogP contribution in [0.1, 0.15) is 24.6 Å². The Morgan fingerprint density at radius 3 is 3.07 bits per heavy atom. The molecule has 0 aliphatic carbocycles. The van der Waals surface area contributed by atoms with E-state index in [1.807, 2.05) is 24.4 Å². The molecule has 0 radical (unpaired) electrons. The maximum absolute atomic E-state index is 11.6. The summed E-state index contributed by atoms with van der Waals surface area (Å²) in [6.45, 7) is 3.24. The Morgan fingerprint density at radius 1 is 1.67 bits per heavy atom. The lowest BCUT2D eigenvalue weighted by molar-refractivity contribution is -0.124. The maximum atomic E-state index is 11.6. The molecule has 0 aliphatic rings. The molecule has 3 N–H and O–H groups in total. The minimum atomic E-state index is 0.0634. The summed E-state index contributed by atoms with van der Waals surface area (Å²) >= 11 is 1.66. The highest BCUT2D eigenvalue weighted by atomic mass is 32.1. The van der Waals surface area contributed by atoms with Crippen molar-refractivity contribution in [2.45, 2.75) is 26.3 Å². The monoisotopic (exact) mass is 226 g/mol. The third-order valence-corrected chi connectivity index (χ3v) is 3.18. The smallest absolute Gasteiger partial charge is 0.223 e. The lowest BCUT2D eigenvalue weighted by Gasteiger charge is -2.10. The topological polar surface area (TPSA) is 55.1 Å². The van der Waals surface area contributed by atoms with Crippen molar-refractivity contribution in [2.75, 3.05) is 6.54 Å². The second-order valence-corrected chi connectivity index (χ2v) is 4.66. The second-order valence-electron chi connectivity index (χ2n) is 3.63. The molecule has 15 heavy (non-hydrogen) atoms. The molecule has 0 bridgehead atoms. The molecule has 0 spiro atoms. The molecule has 1 amide bonds. The second kappa shape index (κ2) is 6.58. The zero-order chi connectivity index (χ0) is 11.1. The minimum Gasteiger partial charge on any atom is -0.351 e. The van der Waals surface area contributed by atoms with Gasteiger partial charge < -0.3 is 11.1 Å². The van der Waals surface area contributed by atoms with Crippen molar-refractivity contribution < 1.29 is 4.79 Å². The van der Waals surface area contributed by atoms with Crippen LogP contribution in [-0.2, 0) is 11.3 Å². The first-order valence-corrected chi connectivity index (χ1v) is 6.12. The Kier molecular flexibility index (Phi) is 5.36. The zero-order valence-corrected chi connectivity index (χ0v) is 9.85. The summed E-state index contributed by atoms with van der Waals surface area (Å²) in [4.78, 5) is 12.8. The van der Waals surface area contributed by atoms with Gasteiger partial charge in [-0.2, -0.15) is 0 Å². The number of amides is 1. The van der Waals surface area contributed by atoms with Crippen LogP contribution >= 0.6 is 11.3 Å². The standard InChI is InChI=1S/C11H18N2OS/c1-9(4-2-6-12)11(14)13-8-10-5-3-7-15-10/h3,5,7,9H,2,4,6,8,12H2,1H3,(H,13,14). The third kappa shape index (κ3) is 4.44. The van der Waals surface area contributed by atoms with Gasteiger partial charge in [0.15, 0.2) is 0 Å². The average Bonchev–Trinajstić information content (AvgIpc) is 2.75. The minimum absolute atomic E-state index is 0.0634. The van der Waals surface area contributed by atoms with Crippen LogP contribution in [0.2, 0.25) is 0 Å². The van der Waals surface area contributed by atoms with Gasteiger partial charge in [0, 0.05) is 10.8 Å². The van der Waals surface area contributed by atoms with E-state index in [1.165, 1.54) is 4.88 Å². The van der Waals surface area contributed by atoms with E-state index >= 15 is 0 Å². The Morgan fingerprint density at radius 2 is 2.47 bits per heavy atom. The molecule has 0 fully saturated rings. The molecule has 1 atom stereocenters. The number of thiophene rings is 1. The van der Waals surface area contributed by atoms with E-state index < -0.39 is 0 Å². The van der Waals surface area contributed by atoms with Gasteiger partial charge in [0.25, 0.3) is 0 Å². The predicted octanol–water partition coefficient (Wildman–Crippen LogP) is 1.74. The summed E-state index contributed by atoms with van der Waals surface area (Å²) in [7, 11) is 0. The lowest BCUT2D eigenvalue weighted by Crippen LogP contribution is -2.28. The van der Waals surface area contributed by atoms with E-state index in [9.17, 15) is 4.79 Å². The van der Waals surface area contributed by atoms with E-state index in [4.69, 9.17) is 5.73 Å². The highest BCUT2D eigenvalue weighted by molar-refractivity contribution is 7.09. The molecular formula is C11H18N2OS. The van der Waals surface area contributed by atoms with Gasteiger partial charge in [-0.3, -0.25) is 4.79 Å². The van der Waals surface area contributed by atoms with E-state index in [2.05, 4.69) is 5.32 Å². The van der Waals surface area contributed by atoms with Crippen LogP contribution in [-0.4, -0.2) is 12.5 Å². The van der Waals surface area contributed by atoms with Crippen LogP contribution in [0.15, 0.2) is 17.5 Å². The Labute approximate surface area is 94.7 Å². The Balaban J connectivity index is 2.23. The normalized spacial score (nSPS) is 12.4. The quantitative estimate of drug-likeness (QED) is 0.776. The summed E-state index contributed by atoms with van der Waals surface area (Å²) in [5.74, 6) is 0.186. The summed E-state index contributed by atoms with van der Waals surface area (Å²) in [5, 5.41) is 4.94. The summed E-state index contributed by atoms with van der Waals surface area (Å²) in [5.41, 5.74) is 5.40. The molecule has 0 aromatic carbocycles. The van der Waals surface area contributed by atoms with E-state index in [0.717, 1.165) is 12.8 Å². The molecule has 1 rings (SSSR count). The van der Waals surface area contributed by atoms with E-state index in [0.29, 0.717) is 13.1 Å². The molecule has 1 heterocycles. The summed E-state index contributed by atoms with van der Waals surface area (Å²) in [6.07, 6.45) is 1.78. The van der Waals surface area contributed by atoms with Gasteiger partial charge in [0.2, 0.25) is 5.91 Å². The summed E-state index contributed by atoms with van der Waals surface area (Å²) in [6, 6.07) is 4.01. The van der Waals surface area contributed by atoms with Crippen LogP contribution in [0.3, 0.4) is 0 Å². The fourth-order valence-electron chi connectivity index (χ4n) is 1.32. The average molecular weight is 226 g/mol. The first-order valence-electron chi connectivity index (χ1n) is 5.24. The van der Waals surface area contributed by atoms with Crippen molar-refractivity contribution in [1.29, 1.82) is 0 Å². The van der Waals surface area contributed by atoms with Crippen molar-refractivity contribution in [3.05, 3.63) is 22.4 Å². The van der Waals surface area contributed by atoms with Gasteiger partial charge >= 0.3 is 0 Å². The Bertz CT molecular complexity index is 285. The van der Waals surface area contributed by atoms with E-state index in [1.54, 1.807) is 11.3 Å². The highest BCUT2D eigenvalue weighted by Gasteiger charge is 2.11. The van der Waals surface area contributed by atoms with Gasteiger partial charge in [-0.1, -0.05) is 13.0 Å². The number of carbonyl (C=O) groups excluding carboxylic acids is 1. The van der Waals surface area contributed by atoms with Crippen LogP contribution in [0, 0.1) is 5.92 Å². The molecule has 1 aromatic heterocycles. The van der Waals surface area contributed by atoms with Crippen LogP contribution in [0.5, 0.6) is 0 Å². The molecule has 1 unspecified atom stereocenters. The van der Waals surface area contributed by atoms with Gasteiger partial charge in [-0.25, -0.2) is 0 Å². The first-order chi connectivity index (χ1) is 7.24. The highest BCUT2D eigenvalue weighted by Crippen LogP contribution is 2.09. The number of nitrogens with two attached hydrogens (primary N) is 1. The van der Waals surface area contributed by atoms with Crippen molar-refractivity contribution >= 4 is 17.2 Å². The van der Waals surface area contributed by atoms with Crippen LogP contribution < -0.4 is 11.1 Å². The fourth-order valence-corrected chi connectivity index (χ4v) is 1.96. The zero-order valence-electron chi connectivity index (χ0n) is 9.03. The SMILES string of the molecule is CC(CCCN)C(=O)NCc1cccs1. The molecule has 0 saturated heterocycles. The van der Waals surface area contributed by atoms with Crippen molar-refractivity contribution in [3.63, 3.8) is 0 Å². The predicted molar refractivity (Wildman–Crippen MR) is 63.6 cm³/mol. The molecule has 84 valence electrons. The molecule has 0 aliphatic heterocycles. The van der Waals surface area contributed by atoms with Gasteiger partial charge in [-0.05, 0) is 30.8 Å². The summed E-state index contributed by atoms with van der Waals surface area (Å²) < 4.78 is 0. The largest absolute Gasteiger partial charge is 0.351 e. The number of hydrogen-bond donors (Lipinski definition) is 2. The molecule has 4 heteroatoms. The number of nitrogens with one attached hydrogen (secondary N) is 1. The number of rotatable bonds is 6. The van der Waals surface area contributed by atoms with Crippen LogP contribution in [0.25, 0.3) is 0 Å². The van der Waals surface area contributed by atoms with Gasteiger partial charge in [-0.15, -0.1) is 11.3 Å². The van der Waals surface area contributed by atoms with Crippen molar-refractivity contribution in [3.8, 4) is 0 Å². The lowest BCUT2D eigenvalue weighted by atomic mass is 10.1. The van der Waals surface area contributed by atoms with Crippen LogP contribution in [0.4, 0.5) is 0 Å². The number of carbonyl (C=O) groups is 1. The van der Waals surface area contributed by atoms with Gasteiger partial charge in [0.1, 0.15) is 0 Å².